The molecule has 2 aliphatic rings. The summed E-state index contributed by atoms with van der Waals surface area (Å²) < 4.78 is 6.68. The van der Waals surface area contributed by atoms with Crippen LogP contribution in [0, 0.1) is 29.1 Å². The summed E-state index contributed by atoms with van der Waals surface area (Å²) in [4.78, 5) is 19.9. The van der Waals surface area contributed by atoms with E-state index in [2.05, 4.69) is 55.9 Å². The molecule has 0 bridgehead atoms. The van der Waals surface area contributed by atoms with E-state index >= 15 is 0 Å². The smallest absolute Gasteiger partial charge is 0.240 e. The zero-order chi connectivity index (χ0) is 26.1. The molecule has 1 saturated heterocycles. The number of halogens is 1. The summed E-state index contributed by atoms with van der Waals surface area (Å²) in [6, 6.07) is 5.06. The number of nitrogens with one attached hydrogen (secondary N) is 1. The summed E-state index contributed by atoms with van der Waals surface area (Å²) >= 11 is 3.55. The molecule has 1 heterocycles. The second-order valence-electron chi connectivity index (χ2n) is 11.0. The average molecular weight is 556 g/mol. The molecule has 1 aliphatic carbocycles. The average Bonchev–Trinajstić information content (AvgIpc) is 3.17. The van der Waals surface area contributed by atoms with Crippen LogP contribution in [-0.4, -0.2) is 58.7 Å². The molecule has 1 aromatic carbocycles. The molecule has 3 N–H and O–H groups in total. The van der Waals surface area contributed by atoms with Crippen LogP contribution in [0.25, 0.3) is 0 Å². The number of hydrogen-bond donors (Lipinski definition) is 3. The number of nitrogens with zero attached hydrogens (tertiary/aromatic N) is 1. The Balaban J connectivity index is 1.89. The Morgan fingerprint density at radius 3 is 2.63 bits per heavy atom. The Labute approximate surface area is 218 Å². The first kappa shape index (κ1) is 28.4. The van der Waals surface area contributed by atoms with Crippen LogP contribution in [0.4, 0.5) is 0 Å². The second-order valence-corrected chi connectivity index (χ2v) is 11.9. The van der Waals surface area contributed by atoms with E-state index in [1.807, 2.05) is 25.1 Å². The van der Waals surface area contributed by atoms with Crippen molar-refractivity contribution in [3.05, 3.63) is 28.2 Å². The molecule has 3 rings (SSSR count). The predicted molar refractivity (Wildman–Crippen MR) is 140 cm³/mol. The maximum absolute atomic E-state index is 13.8. The molecular formula is C27H43BrN2O5. The monoisotopic (exact) mass is 554 g/mol. The Bertz CT molecular complexity index is 879. The fraction of sp³-hybridized carbons (Fsp3) is 0.741. The molecule has 1 aliphatic heterocycles. The first-order valence-electron chi connectivity index (χ1n) is 12.9. The van der Waals surface area contributed by atoms with E-state index in [1.54, 1.807) is 12.0 Å². The van der Waals surface area contributed by atoms with Crippen molar-refractivity contribution >= 4 is 21.8 Å². The van der Waals surface area contributed by atoms with Gasteiger partial charge < -0.3 is 20.3 Å². The summed E-state index contributed by atoms with van der Waals surface area (Å²) in [6.07, 6.45) is -0.600. The van der Waals surface area contributed by atoms with Crippen LogP contribution in [0.2, 0.25) is 0 Å². The number of amides is 1. The maximum Gasteiger partial charge on any atom is 0.240 e. The SMILES string of the molecule is CCOc1c(Br)cccc1CN1O[C@@H](CO)[C@@H]([C@H](C)O)[C@H]1C(=O)N[C@H]1C[C@@H](C)C(C)(C)[C@@H](C)[C@@H]1C. The largest absolute Gasteiger partial charge is 0.492 e. The lowest BCUT2D eigenvalue weighted by Gasteiger charge is -2.50. The zero-order valence-electron chi connectivity index (χ0n) is 22.1. The molecule has 7 nitrogen and oxygen atoms in total. The fourth-order valence-electron chi connectivity index (χ4n) is 5.86. The van der Waals surface area contributed by atoms with Gasteiger partial charge in [0.2, 0.25) is 5.91 Å². The van der Waals surface area contributed by atoms with Gasteiger partial charge >= 0.3 is 0 Å². The van der Waals surface area contributed by atoms with Gasteiger partial charge in [-0.1, -0.05) is 46.8 Å². The first-order chi connectivity index (χ1) is 16.4. The number of hydroxylamine groups is 2. The van der Waals surface area contributed by atoms with Crippen molar-refractivity contribution in [1.82, 2.24) is 10.4 Å². The molecule has 0 aromatic heterocycles. The minimum absolute atomic E-state index is 0.0371. The molecule has 0 radical (unpaired) electrons. The van der Waals surface area contributed by atoms with Gasteiger partial charge in [0, 0.05) is 17.5 Å². The summed E-state index contributed by atoms with van der Waals surface area (Å²) in [5.41, 5.74) is 1.06. The van der Waals surface area contributed by atoms with Crippen LogP contribution < -0.4 is 10.1 Å². The number of benzene rings is 1. The normalized spacial score (nSPS) is 33.9. The number of rotatable bonds is 8. The summed E-state index contributed by atoms with van der Waals surface area (Å²) in [7, 11) is 0. The standard InChI is InChI=1S/C27H43BrN2O5/c1-8-34-25-19(10-9-11-20(25)28)13-30-24(23(18(5)32)22(14-31)35-30)26(33)29-21-12-15(2)27(6,7)17(4)16(21)3/h9-11,15-18,21-24,31-32H,8,12-14H2,1-7H3,(H,29,33)/t15-,16+,17+,18+,21+,22+,23-,24+/m1/s1. The zero-order valence-corrected chi connectivity index (χ0v) is 23.7. The third-order valence-corrected chi connectivity index (χ3v) is 9.47. The quantitative estimate of drug-likeness (QED) is 0.447. The Kier molecular flexibility index (Phi) is 9.30. The predicted octanol–water partition coefficient (Wildman–Crippen LogP) is 4.14. The van der Waals surface area contributed by atoms with Gasteiger partial charge in [-0.3, -0.25) is 9.63 Å². The Morgan fingerprint density at radius 2 is 2.03 bits per heavy atom. The van der Waals surface area contributed by atoms with Gasteiger partial charge in [-0.15, -0.1) is 0 Å². The highest BCUT2D eigenvalue weighted by molar-refractivity contribution is 9.10. The van der Waals surface area contributed by atoms with Gasteiger partial charge in [-0.2, -0.15) is 5.06 Å². The van der Waals surface area contributed by atoms with Crippen molar-refractivity contribution in [1.29, 1.82) is 0 Å². The lowest BCUT2D eigenvalue weighted by atomic mass is 9.58. The van der Waals surface area contributed by atoms with Crippen LogP contribution in [0.5, 0.6) is 5.75 Å². The van der Waals surface area contributed by atoms with Gasteiger partial charge in [-0.05, 0) is 65.4 Å². The van der Waals surface area contributed by atoms with Gasteiger partial charge in [0.05, 0.1) is 30.3 Å². The molecule has 1 saturated carbocycles. The molecule has 35 heavy (non-hydrogen) atoms. The maximum atomic E-state index is 13.8. The van der Waals surface area contributed by atoms with E-state index in [0.717, 1.165) is 16.5 Å². The summed E-state index contributed by atoms with van der Waals surface area (Å²) in [5, 5.41) is 25.6. The minimum atomic E-state index is -0.831. The molecule has 1 amide bonds. The van der Waals surface area contributed by atoms with Crippen LogP contribution in [0.15, 0.2) is 22.7 Å². The highest BCUT2D eigenvalue weighted by Gasteiger charge is 2.51. The number of carbonyl (C=O) groups is 1. The van der Waals surface area contributed by atoms with E-state index in [9.17, 15) is 15.0 Å². The van der Waals surface area contributed by atoms with E-state index in [4.69, 9.17) is 9.57 Å². The van der Waals surface area contributed by atoms with Crippen molar-refractivity contribution < 1.29 is 24.6 Å². The third kappa shape index (κ3) is 5.72. The van der Waals surface area contributed by atoms with Gasteiger partial charge in [-0.25, -0.2) is 0 Å². The second kappa shape index (κ2) is 11.5. The lowest BCUT2D eigenvalue weighted by molar-refractivity contribution is -0.182. The first-order valence-corrected chi connectivity index (χ1v) is 13.7. The van der Waals surface area contributed by atoms with Gasteiger partial charge in [0.15, 0.2) is 0 Å². The minimum Gasteiger partial charge on any atom is -0.492 e. The molecule has 8 atom stereocenters. The van der Waals surface area contributed by atoms with E-state index in [0.29, 0.717) is 30.1 Å². The van der Waals surface area contributed by atoms with Crippen LogP contribution in [0.1, 0.15) is 60.5 Å². The molecule has 2 fully saturated rings. The highest BCUT2D eigenvalue weighted by atomic mass is 79.9. The number of ether oxygens (including phenoxy) is 1. The molecule has 0 spiro atoms. The van der Waals surface area contributed by atoms with Crippen molar-refractivity contribution in [2.45, 2.75) is 85.7 Å². The van der Waals surface area contributed by atoms with E-state index in [-0.39, 0.29) is 30.5 Å². The van der Waals surface area contributed by atoms with E-state index in [1.165, 1.54) is 0 Å². The summed E-state index contributed by atoms with van der Waals surface area (Å²) in [5.74, 6) is 1.19. The third-order valence-electron chi connectivity index (χ3n) is 8.85. The molecule has 198 valence electrons. The Morgan fingerprint density at radius 1 is 1.34 bits per heavy atom. The number of carbonyl (C=O) groups excluding carboxylic acids is 1. The Hall–Kier alpha value is -1.19. The van der Waals surface area contributed by atoms with Crippen molar-refractivity contribution in [2.75, 3.05) is 13.2 Å². The number of para-hydroxylation sites is 1. The van der Waals surface area contributed by atoms with Crippen LogP contribution >= 0.6 is 15.9 Å². The van der Waals surface area contributed by atoms with Crippen molar-refractivity contribution in [3.63, 3.8) is 0 Å². The van der Waals surface area contributed by atoms with Gasteiger partial charge in [0.1, 0.15) is 17.9 Å². The fourth-order valence-corrected chi connectivity index (χ4v) is 6.38. The number of aliphatic hydroxyl groups excluding tert-OH is 2. The van der Waals surface area contributed by atoms with Gasteiger partial charge in [0.25, 0.3) is 0 Å². The number of hydrogen-bond acceptors (Lipinski definition) is 6. The molecule has 8 heteroatoms. The molecule has 1 aromatic rings. The molecule has 0 unspecified atom stereocenters. The lowest BCUT2D eigenvalue weighted by Crippen LogP contribution is -2.56. The molecular weight excluding hydrogens is 512 g/mol. The summed E-state index contributed by atoms with van der Waals surface area (Å²) in [6.45, 7) is 15.4. The van der Waals surface area contributed by atoms with Crippen molar-refractivity contribution in [2.24, 2.45) is 29.1 Å². The van der Waals surface area contributed by atoms with Crippen molar-refractivity contribution in [3.8, 4) is 5.75 Å². The highest BCUT2D eigenvalue weighted by Crippen LogP contribution is 2.47. The van der Waals surface area contributed by atoms with Crippen LogP contribution in [0.3, 0.4) is 0 Å². The van der Waals surface area contributed by atoms with E-state index < -0.39 is 24.2 Å². The number of aliphatic hydroxyl groups is 2. The topological polar surface area (TPSA) is 91.3 Å². The van der Waals surface area contributed by atoms with Crippen LogP contribution in [-0.2, 0) is 16.2 Å².